The summed E-state index contributed by atoms with van der Waals surface area (Å²) >= 11 is 6.51. The minimum Gasteiger partial charge on any atom is -0.494 e. The molecular formula is C26H25N3O4S2. The van der Waals surface area contributed by atoms with Gasteiger partial charge in [-0.05, 0) is 55.3 Å². The first-order chi connectivity index (χ1) is 16.9. The lowest BCUT2D eigenvalue weighted by Crippen LogP contribution is -2.30. The number of thioether (sulfide) groups is 1. The molecule has 180 valence electrons. The van der Waals surface area contributed by atoms with Gasteiger partial charge in [0.25, 0.3) is 5.91 Å². The summed E-state index contributed by atoms with van der Waals surface area (Å²) in [5, 5.41) is 13.8. The number of para-hydroxylation sites is 1. The minimum atomic E-state index is -0.976. The Balaban J connectivity index is 1.74. The van der Waals surface area contributed by atoms with Crippen LogP contribution >= 0.6 is 24.0 Å². The lowest BCUT2D eigenvalue weighted by Gasteiger charge is -2.12. The maximum atomic E-state index is 13.0. The second-order valence-corrected chi connectivity index (χ2v) is 9.69. The normalized spacial score (nSPS) is 14.7. The van der Waals surface area contributed by atoms with E-state index >= 15 is 0 Å². The summed E-state index contributed by atoms with van der Waals surface area (Å²) in [7, 11) is 0. The fourth-order valence-electron chi connectivity index (χ4n) is 3.67. The third kappa shape index (κ3) is 5.63. The summed E-state index contributed by atoms with van der Waals surface area (Å²) in [6.07, 6.45) is 4.43. The van der Waals surface area contributed by atoms with Gasteiger partial charge in [-0.1, -0.05) is 49.1 Å². The fourth-order valence-corrected chi connectivity index (χ4v) is 4.97. The Hall–Kier alpha value is -3.43. The second kappa shape index (κ2) is 10.9. The van der Waals surface area contributed by atoms with Crippen LogP contribution in [0.1, 0.15) is 30.9 Å². The van der Waals surface area contributed by atoms with E-state index in [9.17, 15) is 9.59 Å². The molecule has 1 aromatic heterocycles. The molecule has 1 fully saturated rings. The predicted molar refractivity (Wildman–Crippen MR) is 142 cm³/mol. The third-order valence-electron chi connectivity index (χ3n) is 5.40. The van der Waals surface area contributed by atoms with Crippen molar-refractivity contribution < 1.29 is 19.4 Å². The molecule has 9 heteroatoms. The van der Waals surface area contributed by atoms with Crippen LogP contribution in [0, 0.1) is 6.92 Å². The number of thiocarbonyl (C=S) groups is 1. The number of carboxylic acids is 1. The van der Waals surface area contributed by atoms with Crippen molar-refractivity contribution in [3.63, 3.8) is 0 Å². The summed E-state index contributed by atoms with van der Waals surface area (Å²) in [6, 6.07) is 15.6. The minimum absolute atomic E-state index is 0.0474. The molecule has 0 saturated carbocycles. The lowest BCUT2D eigenvalue weighted by molar-refractivity contribution is -0.137. The first kappa shape index (κ1) is 24.7. The molecule has 0 aliphatic carbocycles. The van der Waals surface area contributed by atoms with Crippen molar-refractivity contribution in [2.75, 3.05) is 13.2 Å². The van der Waals surface area contributed by atoms with E-state index < -0.39 is 5.97 Å². The van der Waals surface area contributed by atoms with E-state index in [4.69, 9.17) is 27.2 Å². The molecule has 0 spiro atoms. The van der Waals surface area contributed by atoms with Crippen molar-refractivity contribution in [3.05, 3.63) is 70.8 Å². The van der Waals surface area contributed by atoms with Crippen LogP contribution in [-0.2, 0) is 9.59 Å². The van der Waals surface area contributed by atoms with Crippen LogP contribution in [-0.4, -0.2) is 49.1 Å². The largest absolute Gasteiger partial charge is 0.494 e. The highest BCUT2D eigenvalue weighted by molar-refractivity contribution is 8.26. The number of hydrogen-bond donors (Lipinski definition) is 1. The molecule has 2 aromatic carbocycles. The topological polar surface area (TPSA) is 84.7 Å². The van der Waals surface area contributed by atoms with E-state index in [-0.39, 0.29) is 18.9 Å². The number of amides is 1. The van der Waals surface area contributed by atoms with Crippen LogP contribution in [0.4, 0.5) is 0 Å². The lowest BCUT2D eigenvalue weighted by atomic mass is 10.0. The molecule has 0 unspecified atom stereocenters. The highest BCUT2D eigenvalue weighted by Crippen LogP contribution is 2.36. The molecule has 1 aliphatic rings. The van der Waals surface area contributed by atoms with Crippen LogP contribution in [0.5, 0.6) is 5.75 Å². The molecule has 0 atom stereocenters. The number of nitrogens with zero attached hydrogens (tertiary/aromatic N) is 3. The fraction of sp³-hybridized carbons (Fsp3) is 0.231. The molecule has 1 amide bonds. The Morgan fingerprint density at radius 1 is 1.23 bits per heavy atom. The first-order valence-corrected chi connectivity index (χ1v) is 12.5. The van der Waals surface area contributed by atoms with Gasteiger partial charge in [-0.25, -0.2) is 4.68 Å². The Morgan fingerprint density at radius 3 is 2.69 bits per heavy atom. The van der Waals surface area contributed by atoms with Gasteiger partial charge in [0.2, 0.25) is 0 Å². The number of ether oxygens (including phenoxy) is 1. The number of aromatic nitrogens is 2. The van der Waals surface area contributed by atoms with Gasteiger partial charge >= 0.3 is 5.97 Å². The Bertz CT molecular complexity index is 1300. The summed E-state index contributed by atoms with van der Waals surface area (Å²) in [6.45, 7) is 4.76. The zero-order valence-electron chi connectivity index (χ0n) is 19.4. The smallest absolute Gasteiger partial charge is 0.305 e. The maximum absolute atomic E-state index is 13.0. The molecule has 3 aromatic rings. The first-order valence-electron chi connectivity index (χ1n) is 11.2. The summed E-state index contributed by atoms with van der Waals surface area (Å²) in [5.74, 6) is -0.465. The molecule has 35 heavy (non-hydrogen) atoms. The van der Waals surface area contributed by atoms with Gasteiger partial charge in [0.05, 0.1) is 23.6 Å². The van der Waals surface area contributed by atoms with Crippen molar-refractivity contribution in [2.45, 2.75) is 26.7 Å². The maximum Gasteiger partial charge on any atom is 0.305 e. The molecule has 1 aliphatic heterocycles. The van der Waals surface area contributed by atoms with Gasteiger partial charge in [0.1, 0.15) is 15.8 Å². The van der Waals surface area contributed by atoms with Crippen molar-refractivity contribution in [1.29, 1.82) is 0 Å². The number of carbonyl (C=O) groups excluding carboxylic acids is 1. The average molecular weight is 508 g/mol. The molecule has 1 saturated heterocycles. The van der Waals surface area contributed by atoms with E-state index in [0.29, 0.717) is 15.8 Å². The average Bonchev–Trinajstić information content (AvgIpc) is 3.37. The number of aliphatic carboxylic acids is 1. The molecule has 0 bridgehead atoms. The molecular weight excluding hydrogens is 482 g/mol. The van der Waals surface area contributed by atoms with Crippen LogP contribution < -0.4 is 4.74 Å². The molecule has 1 N–H and O–H groups in total. The molecule has 7 nitrogen and oxygen atoms in total. The standard InChI is InChI=1S/C26H25N3O4S2/c1-3-13-33-20-9-10-21(17(2)14-20)24-18(16-29(27-24)19-7-5-4-6-8-19)15-22-25(32)28(26(34)35-22)12-11-23(30)31/h4-10,14-16H,3,11-13H2,1-2H3,(H,30,31)/b22-15-. The number of carboxylic acid groups (broad SMARTS) is 1. The zero-order valence-corrected chi connectivity index (χ0v) is 21.1. The van der Waals surface area contributed by atoms with Gasteiger partial charge in [0, 0.05) is 23.9 Å². The summed E-state index contributed by atoms with van der Waals surface area (Å²) in [4.78, 5) is 25.7. The molecule has 4 rings (SSSR count). The SMILES string of the molecule is CCCOc1ccc(-c2nn(-c3ccccc3)cc2/C=C2\SC(=S)N(CCC(=O)O)C2=O)c(C)c1. The van der Waals surface area contributed by atoms with Crippen LogP contribution in [0.15, 0.2) is 59.6 Å². The van der Waals surface area contributed by atoms with Crippen LogP contribution in [0.25, 0.3) is 23.0 Å². The van der Waals surface area contributed by atoms with Crippen molar-refractivity contribution in [1.82, 2.24) is 14.7 Å². The van der Waals surface area contributed by atoms with Crippen LogP contribution in [0.3, 0.4) is 0 Å². The van der Waals surface area contributed by atoms with Crippen molar-refractivity contribution >= 4 is 46.3 Å². The van der Waals surface area contributed by atoms with Crippen LogP contribution in [0.2, 0.25) is 0 Å². The highest BCUT2D eigenvalue weighted by atomic mass is 32.2. The number of aryl methyl sites for hydroxylation is 1. The summed E-state index contributed by atoms with van der Waals surface area (Å²) < 4.78 is 7.91. The summed E-state index contributed by atoms with van der Waals surface area (Å²) in [5.41, 5.74) is 4.31. The van der Waals surface area contributed by atoms with Crippen molar-refractivity contribution in [3.8, 4) is 22.7 Å². The zero-order chi connectivity index (χ0) is 24.9. The van der Waals surface area contributed by atoms with Gasteiger partial charge in [0.15, 0.2) is 0 Å². The second-order valence-electron chi connectivity index (χ2n) is 8.02. The number of benzene rings is 2. The van der Waals surface area contributed by atoms with E-state index in [2.05, 4.69) is 6.92 Å². The quantitative estimate of drug-likeness (QED) is 0.310. The molecule has 2 heterocycles. The predicted octanol–water partition coefficient (Wildman–Crippen LogP) is 5.31. The van der Waals surface area contributed by atoms with E-state index in [1.807, 2.05) is 61.7 Å². The monoisotopic (exact) mass is 507 g/mol. The number of hydrogen-bond acceptors (Lipinski definition) is 6. The van der Waals surface area contributed by atoms with E-state index in [1.54, 1.807) is 10.8 Å². The Labute approximate surface area is 213 Å². The number of rotatable bonds is 9. The van der Waals surface area contributed by atoms with Gasteiger partial charge in [-0.15, -0.1) is 0 Å². The van der Waals surface area contributed by atoms with Gasteiger partial charge < -0.3 is 9.84 Å². The van der Waals surface area contributed by atoms with E-state index in [0.717, 1.165) is 40.2 Å². The number of carbonyl (C=O) groups is 2. The third-order valence-corrected chi connectivity index (χ3v) is 6.78. The highest BCUT2D eigenvalue weighted by Gasteiger charge is 2.32. The van der Waals surface area contributed by atoms with Crippen molar-refractivity contribution in [2.24, 2.45) is 0 Å². The Kier molecular flexibility index (Phi) is 7.67. The molecule has 0 radical (unpaired) electrons. The van der Waals surface area contributed by atoms with Gasteiger partial charge in [-0.2, -0.15) is 5.10 Å². The van der Waals surface area contributed by atoms with E-state index in [1.165, 1.54) is 16.7 Å². The van der Waals surface area contributed by atoms with Gasteiger partial charge in [-0.3, -0.25) is 14.5 Å². The Morgan fingerprint density at radius 2 is 2.00 bits per heavy atom.